The highest BCUT2D eigenvalue weighted by Gasteiger charge is 2.25. The number of fused-ring (bicyclic) bond motifs is 2. The zero-order valence-electron chi connectivity index (χ0n) is 15.4. The largest absolute Gasteiger partial charge is 0.482 e. The fourth-order valence-corrected chi connectivity index (χ4v) is 3.41. The summed E-state index contributed by atoms with van der Waals surface area (Å²) in [6.45, 7) is 0.871. The number of benzene rings is 2. The fourth-order valence-electron chi connectivity index (χ4n) is 3.41. The quantitative estimate of drug-likeness (QED) is 0.719. The van der Waals surface area contributed by atoms with E-state index in [1.807, 2.05) is 54.6 Å². The van der Waals surface area contributed by atoms with Gasteiger partial charge in [0.25, 0.3) is 5.91 Å². The molecule has 0 bridgehead atoms. The Hall–Kier alpha value is -3.41. The maximum atomic E-state index is 12.3. The molecule has 0 radical (unpaired) electrons. The van der Waals surface area contributed by atoms with Gasteiger partial charge in [0.1, 0.15) is 5.75 Å². The average Bonchev–Trinajstić information content (AvgIpc) is 2.73. The Morgan fingerprint density at radius 2 is 1.96 bits per heavy atom. The molecule has 3 aromatic rings. The Labute approximate surface area is 163 Å². The summed E-state index contributed by atoms with van der Waals surface area (Å²) >= 11 is 0. The van der Waals surface area contributed by atoms with Gasteiger partial charge < -0.3 is 15.0 Å². The van der Waals surface area contributed by atoms with Crippen molar-refractivity contribution in [2.75, 3.05) is 24.6 Å². The van der Waals surface area contributed by atoms with Crippen LogP contribution in [0.3, 0.4) is 0 Å². The van der Waals surface area contributed by atoms with E-state index < -0.39 is 0 Å². The third kappa shape index (κ3) is 3.81. The van der Waals surface area contributed by atoms with Crippen molar-refractivity contribution in [2.45, 2.75) is 12.8 Å². The molecule has 0 fully saturated rings. The molecule has 2 aromatic carbocycles. The van der Waals surface area contributed by atoms with Crippen LogP contribution in [-0.2, 0) is 16.0 Å². The first kappa shape index (κ1) is 18.0. The number of nitrogens with one attached hydrogen (secondary N) is 1. The minimum Gasteiger partial charge on any atom is -0.482 e. The lowest BCUT2D eigenvalue weighted by molar-refractivity contribution is -0.122. The van der Waals surface area contributed by atoms with Gasteiger partial charge in [0, 0.05) is 31.1 Å². The molecular weight excluding hydrogens is 354 g/mol. The first-order valence-corrected chi connectivity index (χ1v) is 9.34. The lowest BCUT2D eigenvalue weighted by Crippen LogP contribution is -2.41. The van der Waals surface area contributed by atoms with Crippen LogP contribution in [0.15, 0.2) is 60.8 Å². The van der Waals surface area contributed by atoms with Crippen LogP contribution >= 0.6 is 0 Å². The summed E-state index contributed by atoms with van der Waals surface area (Å²) in [6, 6.07) is 17.4. The third-order valence-corrected chi connectivity index (χ3v) is 4.80. The Kier molecular flexibility index (Phi) is 5.19. The van der Waals surface area contributed by atoms with Gasteiger partial charge in [-0.3, -0.25) is 14.6 Å². The zero-order chi connectivity index (χ0) is 19.3. The topological polar surface area (TPSA) is 71.5 Å². The summed E-state index contributed by atoms with van der Waals surface area (Å²) in [5.41, 5.74) is 2.79. The van der Waals surface area contributed by atoms with Gasteiger partial charge in [0.2, 0.25) is 5.91 Å². The Balaban J connectivity index is 1.31. The zero-order valence-corrected chi connectivity index (χ0v) is 15.4. The number of ether oxygens (including phenoxy) is 1. The highest BCUT2D eigenvalue weighted by atomic mass is 16.5. The standard InChI is InChI=1S/C22H21N3O3/c26-20(11-14-25-18-8-1-2-9-19(18)28-15-21(25)27)23-13-10-17-6-3-5-16-7-4-12-24-22(16)17/h1-9,12H,10-11,13-15H2,(H,23,26). The number of para-hydroxylation sites is 3. The number of anilines is 1. The molecular formula is C22H21N3O3. The maximum Gasteiger partial charge on any atom is 0.265 e. The fraction of sp³-hybridized carbons (Fsp3) is 0.227. The number of carbonyl (C=O) groups is 2. The van der Waals surface area contributed by atoms with Crippen LogP contribution in [0.4, 0.5) is 5.69 Å². The second-order valence-electron chi connectivity index (χ2n) is 6.64. The number of aromatic nitrogens is 1. The van der Waals surface area contributed by atoms with Crippen LogP contribution in [-0.4, -0.2) is 36.5 Å². The normalized spacial score (nSPS) is 13.1. The average molecular weight is 375 g/mol. The molecule has 1 aromatic heterocycles. The third-order valence-electron chi connectivity index (χ3n) is 4.80. The van der Waals surface area contributed by atoms with Crippen LogP contribution < -0.4 is 15.0 Å². The smallest absolute Gasteiger partial charge is 0.265 e. The Morgan fingerprint density at radius 1 is 1.11 bits per heavy atom. The van der Waals surface area contributed by atoms with E-state index >= 15 is 0 Å². The van der Waals surface area contributed by atoms with Crippen molar-refractivity contribution >= 4 is 28.4 Å². The number of carbonyl (C=O) groups excluding carboxylic acids is 2. The van der Waals surface area contributed by atoms with Gasteiger partial charge >= 0.3 is 0 Å². The molecule has 0 saturated heterocycles. The van der Waals surface area contributed by atoms with Gasteiger partial charge in [-0.25, -0.2) is 0 Å². The second-order valence-corrected chi connectivity index (χ2v) is 6.64. The molecule has 2 heterocycles. The first-order valence-electron chi connectivity index (χ1n) is 9.34. The summed E-state index contributed by atoms with van der Waals surface area (Å²) < 4.78 is 5.42. The number of amides is 2. The lowest BCUT2D eigenvalue weighted by atomic mass is 10.1. The summed E-state index contributed by atoms with van der Waals surface area (Å²) in [4.78, 5) is 30.5. The van der Waals surface area contributed by atoms with Gasteiger partial charge in [-0.2, -0.15) is 0 Å². The number of hydrogen-bond donors (Lipinski definition) is 1. The molecule has 1 aliphatic heterocycles. The van der Waals surface area contributed by atoms with Crippen molar-refractivity contribution in [3.05, 3.63) is 66.4 Å². The summed E-state index contributed by atoms with van der Waals surface area (Å²) in [6.07, 6.45) is 2.73. The van der Waals surface area contributed by atoms with Crippen molar-refractivity contribution in [2.24, 2.45) is 0 Å². The molecule has 1 aliphatic rings. The van der Waals surface area contributed by atoms with Crippen LogP contribution in [0.1, 0.15) is 12.0 Å². The lowest BCUT2D eigenvalue weighted by Gasteiger charge is -2.29. The highest BCUT2D eigenvalue weighted by Crippen LogP contribution is 2.31. The van der Waals surface area contributed by atoms with Crippen LogP contribution in [0.2, 0.25) is 0 Å². The molecule has 0 atom stereocenters. The summed E-state index contributed by atoms with van der Waals surface area (Å²) in [7, 11) is 0. The molecule has 142 valence electrons. The van der Waals surface area contributed by atoms with Crippen molar-refractivity contribution in [1.29, 1.82) is 0 Å². The Bertz CT molecular complexity index is 1010. The SMILES string of the molecule is O=C(CCN1C(=O)COc2ccccc21)NCCc1cccc2cccnc12. The van der Waals surface area contributed by atoms with E-state index in [4.69, 9.17) is 4.74 Å². The summed E-state index contributed by atoms with van der Waals surface area (Å²) in [5.74, 6) is 0.462. The van der Waals surface area contributed by atoms with Gasteiger partial charge in [0.05, 0.1) is 11.2 Å². The minimum absolute atomic E-state index is 0.00666. The van der Waals surface area contributed by atoms with E-state index in [9.17, 15) is 9.59 Å². The second kappa shape index (κ2) is 8.08. The maximum absolute atomic E-state index is 12.3. The van der Waals surface area contributed by atoms with Gasteiger partial charge in [0.15, 0.2) is 6.61 Å². The van der Waals surface area contributed by atoms with Crippen molar-refractivity contribution < 1.29 is 14.3 Å². The van der Waals surface area contributed by atoms with E-state index in [0.717, 1.165) is 16.5 Å². The van der Waals surface area contributed by atoms with E-state index in [1.165, 1.54) is 0 Å². The number of hydrogen-bond acceptors (Lipinski definition) is 4. The van der Waals surface area contributed by atoms with Gasteiger partial charge in [-0.05, 0) is 30.2 Å². The summed E-state index contributed by atoms with van der Waals surface area (Å²) in [5, 5.41) is 4.03. The van der Waals surface area contributed by atoms with Gasteiger partial charge in [-0.1, -0.05) is 36.4 Å². The molecule has 6 heteroatoms. The van der Waals surface area contributed by atoms with E-state index in [1.54, 1.807) is 11.1 Å². The number of rotatable bonds is 6. The van der Waals surface area contributed by atoms with Crippen molar-refractivity contribution in [3.63, 3.8) is 0 Å². The monoisotopic (exact) mass is 375 g/mol. The molecule has 6 nitrogen and oxygen atoms in total. The Morgan fingerprint density at radius 3 is 2.89 bits per heavy atom. The van der Waals surface area contributed by atoms with Crippen LogP contribution in [0.25, 0.3) is 10.9 Å². The van der Waals surface area contributed by atoms with E-state index in [2.05, 4.69) is 10.3 Å². The van der Waals surface area contributed by atoms with Crippen molar-refractivity contribution in [1.82, 2.24) is 10.3 Å². The van der Waals surface area contributed by atoms with E-state index in [-0.39, 0.29) is 24.8 Å². The highest BCUT2D eigenvalue weighted by molar-refractivity contribution is 5.98. The van der Waals surface area contributed by atoms with Gasteiger partial charge in [-0.15, -0.1) is 0 Å². The molecule has 4 rings (SSSR count). The van der Waals surface area contributed by atoms with Crippen molar-refractivity contribution in [3.8, 4) is 5.75 Å². The predicted molar refractivity (Wildman–Crippen MR) is 107 cm³/mol. The van der Waals surface area contributed by atoms with E-state index in [0.29, 0.717) is 30.9 Å². The minimum atomic E-state index is -0.131. The molecule has 2 amide bonds. The van der Waals surface area contributed by atoms with Crippen LogP contribution in [0, 0.1) is 0 Å². The van der Waals surface area contributed by atoms with Crippen LogP contribution in [0.5, 0.6) is 5.75 Å². The molecule has 28 heavy (non-hydrogen) atoms. The number of nitrogens with zero attached hydrogens (tertiary/aromatic N) is 2. The molecule has 0 aliphatic carbocycles. The predicted octanol–water partition coefficient (Wildman–Crippen LogP) is 2.71. The first-order chi connectivity index (χ1) is 13.7. The number of pyridine rings is 1. The molecule has 0 spiro atoms. The molecule has 1 N–H and O–H groups in total. The molecule has 0 saturated carbocycles. The molecule has 0 unspecified atom stereocenters.